The predicted octanol–water partition coefficient (Wildman–Crippen LogP) is 5.39. The summed E-state index contributed by atoms with van der Waals surface area (Å²) in [6.45, 7) is 2.11. The maximum absolute atomic E-state index is 6.63. The number of imidazole rings is 1. The molecule has 5 rings (SSSR count). The summed E-state index contributed by atoms with van der Waals surface area (Å²) >= 11 is 13.3. The fourth-order valence-electron chi connectivity index (χ4n) is 4.36. The number of aromatic nitrogens is 4. The van der Waals surface area contributed by atoms with Crippen LogP contribution in [-0.4, -0.2) is 64.8 Å². The van der Waals surface area contributed by atoms with Crippen molar-refractivity contribution in [2.45, 2.75) is 18.9 Å². The Labute approximate surface area is 219 Å². The molecule has 0 spiro atoms. The molecular weight excluding hydrogens is 501 g/mol. The van der Waals surface area contributed by atoms with Crippen molar-refractivity contribution in [1.29, 1.82) is 0 Å². The molecule has 2 aromatic carbocycles. The van der Waals surface area contributed by atoms with Gasteiger partial charge < -0.3 is 25.0 Å². The summed E-state index contributed by atoms with van der Waals surface area (Å²) in [7, 11) is 5.22. The number of methoxy groups -OCH3 is 2. The van der Waals surface area contributed by atoms with E-state index in [9.17, 15) is 0 Å². The van der Waals surface area contributed by atoms with Gasteiger partial charge >= 0.3 is 0 Å². The number of anilines is 3. The van der Waals surface area contributed by atoms with Crippen LogP contribution in [0.1, 0.15) is 12.8 Å². The third kappa shape index (κ3) is 4.74. The van der Waals surface area contributed by atoms with Crippen LogP contribution in [-0.2, 0) is 0 Å². The molecule has 11 heteroatoms. The largest absolute Gasteiger partial charge is 0.495 e. The molecule has 9 nitrogen and oxygen atoms in total. The zero-order valence-corrected chi connectivity index (χ0v) is 21.8. The van der Waals surface area contributed by atoms with Crippen molar-refractivity contribution >= 4 is 51.7 Å². The summed E-state index contributed by atoms with van der Waals surface area (Å²) < 4.78 is 12.8. The monoisotopic (exact) mass is 527 g/mol. The van der Waals surface area contributed by atoms with Crippen molar-refractivity contribution < 1.29 is 9.47 Å². The maximum Gasteiger partial charge on any atom is 0.214 e. The summed E-state index contributed by atoms with van der Waals surface area (Å²) in [6.07, 6.45) is 3.68. The van der Waals surface area contributed by atoms with Gasteiger partial charge in [-0.05, 0) is 45.1 Å². The van der Waals surface area contributed by atoms with E-state index in [1.807, 2.05) is 34.9 Å². The molecule has 0 unspecified atom stereocenters. The van der Waals surface area contributed by atoms with E-state index in [0.717, 1.165) is 42.8 Å². The highest BCUT2D eigenvalue weighted by atomic mass is 35.5. The average molecular weight is 528 g/mol. The van der Waals surface area contributed by atoms with E-state index in [4.69, 9.17) is 37.7 Å². The maximum atomic E-state index is 6.63. The predicted molar refractivity (Wildman–Crippen MR) is 144 cm³/mol. The van der Waals surface area contributed by atoms with Gasteiger partial charge in [0, 0.05) is 18.2 Å². The van der Waals surface area contributed by atoms with Crippen LogP contribution in [0.3, 0.4) is 0 Å². The minimum atomic E-state index is 0.314. The molecule has 36 heavy (non-hydrogen) atoms. The van der Waals surface area contributed by atoms with Gasteiger partial charge in [0.25, 0.3) is 0 Å². The summed E-state index contributed by atoms with van der Waals surface area (Å²) in [5, 5.41) is 7.48. The molecule has 0 atom stereocenters. The highest BCUT2D eigenvalue weighted by Crippen LogP contribution is 2.45. The van der Waals surface area contributed by atoms with Gasteiger partial charge in [0.15, 0.2) is 0 Å². The number of para-hydroxylation sites is 2. The second-order valence-electron chi connectivity index (χ2n) is 8.65. The van der Waals surface area contributed by atoms with E-state index in [1.165, 1.54) is 14.2 Å². The molecular formula is C25H27Cl2N7O2. The Morgan fingerprint density at radius 1 is 0.972 bits per heavy atom. The van der Waals surface area contributed by atoms with Gasteiger partial charge in [-0.3, -0.25) is 4.57 Å². The Kier molecular flexibility index (Phi) is 7.04. The first-order chi connectivity index (χ1) is 17.5. The van der Waals surface area contributed by atoms with Gasteiger partial charge in [-0.1, -0.05) is 35.3 Å². The van der Waals surface area contributed by atoms with Crippen LogP contribution in [0, 0.1) is 0 Å². The number of rotatable bonds is 7. The quantitative estimate of drug-likeness (QED) is 0.330. The molecule has 1 fully saturated rings. The lowest BCUT2D eigenvalue weighted by Gasteiger charge is -2.29. The van der Waals surface area contributed by atoms with Gasteiger partial charge in [-0.25, -0.2) is 15.0 Å². The minimum Gasteiger partial charge on any atom is -0.495 e. The zero-order valence-electron chi connectivity index (χ0n) is 20.3. The number of benzene rings is 2. The molecule has 0 aliphatic carbocycles. The number of hydrogen-bond donors (Lipinski definition) is 2. The number of ether oxygens (including phenoxy) is 2. The van der Waals surface area contributed by atoms with Crippen LogP contribution in [0.15, 0.2) is 42.7 Å². The Bertz CT molecular complexity index is 1360. The molecule has 0 radical (unpaired) electrons. The Morgan fingerprint density at radius 2 is 1.67 bits per heavy atom. The molecule has 1 aliphatic heterocycles. The van der Waals surface area contributed by atoms with Crippen molar-refractivity contribution in [3.8, 4) is 17.3 Å². The first-order valence-electron chi connectivity index (χ1n) is 11.6. The van der Waals surface area contributed by atoms with Crippen molar-refractivity contribution in [3.63, 3.8) is 0 Å². The van der Waals surface area contributed by atoms with Crippen LogP contribution in [0.25, 0.3) is 16.9 Å². The fourth-order valence-corrected chi connectivity index (χ4v) is 4.95. The Hall–Kier alpha value is -3.27. The third-order valence-electron chi connectivity index (χ3n) is 6.32. The summed E-state index contributed by atoms with van der Waals surface area (Å²) in [5.41, 5.74) is 2.07. The molecule has 0 bridgehead atoms. The highest BCUT2D eigenvalue weighted by molar-refractivity contribution is 6.41. The summed E-state index contributed by atoms with van der Waals surface area (Å²) in [4.78, 5) is 16.2. The number of hydrogen-bond acceptors (Lipinski definition) is 8. The zero-order chi connectivity index (χ0) is 25.2. The Morgan fingerprint density at radius 3 is 2.36 bits per heavy atom. The minimum absolute atomic E-state index is 0.314. The molecule has 2 N–H and O–H groups in total. The van der Waals surface area contributed by atoms with Gasteiger partial charge in [0.2, 0.25) is 5.95 Å². The van der Waals surface area contributed by atoms with Crippen LogP contribution in [0.5, 0.6) is 11.5 Å². The third-order valence-corrected chi connectivity index (χ3v) is 7.07. The second kappa shape index (κ2) is 10.4. The lowest BCUT2D eigenvalue weighted by Crippen LogP contribution is -2.36. The number of likely N-dealkylation sites (tertiary alicyclic amines) is 1. The lowest BCUT2D eigenvalue weighted by molar-refractivity contribution is 0.263. The van der Waals surface area contributed by atoms with Crippen LogP contribution in [0.2, 0.25) is 10.0 Å². The van der Waals surface area contributed by atoms with Crippen molar-refractivity contribution in [2.24, 2.45) is 0 Å². The highest BCUT2D eigenvalue weighted by Gasteiger charge is 2.22. The summed E-state index contributed by atoms with van der Waals surface area (Å²) in [6, 6.07) is 11.7. The SMILES string of the molecule is COc1cc(OC)c(Cl)c(Nc2nc3ccccc3n2-c2cc(NC3CCN(C)CC3)ncn2)c1Cl. The van der Waals surface area contributed by atoms with Crippen molar-refractivity contribution in [1.82, 2.24) is 24.4 Å². The normalized spacial score (nSPS) is 14.7. The van der Waals surface area contributed by atoms with Crippen molar-refractivity contribution in [2.75, 3.05) is 45.0 Å². The molecule has 0 amide bonds. The molecule has 4 aromatic rings. The lowest BCUT2D eigenvalue weighted by atomic mass is 10.1. The second-order valence-corrected chi connectivity index (χ2v) is 9.41. The topological polar surface area (TPSA) is 89.4 Å². The molecule has 3 heterocycles. The van der Waals surface area contributed by atoms with Gasteiger partial charge in [-0.2, -0.15) is 0 Å². The Balaban J connectivity index is 1.56. The first kappa shape index (κ1) is 24.4. The number of nitrogens with zero attached hydrogens (tertiary/aromatic N) is 5. The van der Waals surface area contributed by atoms with Crippen LogP contribution in [0.4, 0.5) is 17.5 Å². The number of fused-ring (bicyclic) bond motifs is 1. The van der Waals surface area contributed by atoms with E-state index >= 15 is 0 Å². The van der Waals surface area contributed by atoms with E-state index in [0.29, 0.717) is 45.0 Å². The molecule has 0 saturated carbocycles. The molecule has 2 aromatic heterocycles. The van der Waals surface area contributed by atoms with Crippen LogP contribution < -0.4 is 20.1 Å². The van der Waals surface area contributed by atoms with E-state index in [2.05, 4.69) is 32.5 Å². The average Bonchev–Trinajstić information content (AvgIpc) is 3.26. The summed E-state index contributed by atoms with van der Waals surface area (Å²) in [5.74, 6) is 2.75. The van der Waals surface area contributed by atoms with Crippen LogP contribution >= 0.6 is 23.2 Å². The first-order valence-corrected chi connectivity index (χ1v) is 12.4. The smallest absolute Gasteiger partial charge is 0.214 e. The van der Waals surface area contributed by atoms with E-state index in [1.54, 1.807) is 12.4 Å². The van der Waals surface area contributed by atoms with Gasteiger partial charge in [0.1, 0.15) is 39.5 Å². The molecule has 1 aliphatic rings. The number of nitrogens with one attached hydrogen (secondary N) is 2. The van der Waals surface area contributed by atoms with Gasteiger partial charge in [-0.15, -0.1) is 0 Å². The molecule has 1 saturated heterocycles. The molecule has 188 valence electrons. The standard InChI is InChI=1S/C25H27Cl2N7O2/c1-33-10-8-15(9-11-33)30-20-13-21(29-14-28-20)34-17-7-5-4-6-16(17)31-25(34)32-24-22(26)18(35-2)12-19(36-3)23(24)27/h4-7,12-15H,8-11H2,1-3H3,(H,31,32)(H,28,29,30). The van der Waals surface area contributed by atoms with Gasteiger partial charge in [0.05, 0.1) is 30.9 Å². The van der Waals surface area contributed by atoms with E-state index < -0.39 is 0 Å². The number of halogens is 2. The number of piperidine rings is 1. The fraction of sp³-hybridized carbons (Fsp3) is 0.320. The van der Waals surface area contributed by atoms with Crippen molar-refractivity contribution in [3.05, 3.63) is 52.8 Å². The van der Waals surface area contributed by atoms with E-state index in [-0.39, 0.29) is 0 Å².